The van der Waals surface area contributed by atoms with Crippen molar-refractivity contribution in [2.75, 3.05) is 31.1 Å². The number of carbonyl (C=O) groups excluding carboxylic acids is 1. The second kappa shape index (κ2) is 9.92. The molecular formula is C23H34N4O2. The highest BCUT2D eigenvalue weighted by Gasteiger charge is 2.17. The van der Waals surface area contributed by atoms with Crippen LogP contribution in [-0.4, -0.2) is 42.9 Å². The lowest BCUT2D eigenvalue weighted by Gasteiger charge is -2.30. The van der Waals surface area contributed by atoms with Crippen molar-refractivity contribution in [3.8, 4) is 0 Å². The molecule has 0 radical (unpaired) electrons. The number of para-hydroxylation sites is 1. The van der Waals surface area contributed by atoms with E-state index < -0.39 is 5.60 Å². The summed E-state index contributed by atoms with van der Waals surface area (Å²) in [7, 11) is 0. The van der Waals surface area contributed by atoms with Crippen molar-refractivity contribution in [3.63, 3.8) is 0 Å². The summed E-state index contributed by atoms with van der Waals surface area (Å²) in [5.41, 5.74) is 1.83. The number of hydrogen-bond donors (Lipinski definition) is 2. The molecule has 2 heterocycles. The minimum absolute atomic E-state index is 0.358. The number of aromatic nitrogens is 1. The van der Waals surface area contributed by atoms with Gasteiger partial charge in [0.25, 0.3) is 0 Å². The van der Waals surface area contributed by atoms with Gasteiger partial charge in [0.05, 0.1) is 5.52 Å². The van der Waals surface area contributed by atoms with E-state index in [4.69, 9.17) is 9.72 Å². The Bertz CT molecular complexity index is 810. The van der Waals surface area contributed by atoms with Crippen LogP contribution in [0.2, 0.25) is 0 Å². The van der Waals surface area contributed by atoms with Gasteiger partial charge in [0, 0.05) is 37.1 Å². The smallest absolute Gasteiger partial charge is 0.407 e. The first-order chi connectivity index (χ1) is 13.9. The Balaban J connectivity index is 1.54. The Morgan fingerprint density at radius 2 is 1.90 bits per heavy atom. The summed E-state index contributed by atoms with van der Waals surface area (Å²) in [5, 5.41) is 7.49. The maximum atomic E-state index is 11.7. The summed E-state index contributed by atoms with van der Waals surface area (Å²) >= 11 is 0. The van der Waals surface area contributed by atoms with Crippen LogP contribution in [0.1, 0.15) is 52.0 Å². The summed E-state index contributed by atoms with van der Waals surface area (Å²) in [6.45, 7) is 9.95. The number of pyridine rings is 1. The van der Waals surface area contributed by atoms with E-state index in [0.717, 1.165) is 43.9 Å². The van der Waals surface area contributed by atoms with Crippen LogP contribution in [0.5, 0.6) is 0 Å². The van der Waals surface area contributed by atoms with E-state index in [2.05, 4.69) is 39.8 Å². The number of benzene rings is 1. The maximum Gasteiger partial charge on any atom is 0.407 e. The number of fused-ring (bicyclic) bond motifs is 1. The highest BCUT2D eigenvalue weighted by atomic mass is 16.6. The summed E-state index contributed by atoms with van der Waals surface area (Å²) in [6.07, 6.45) is 4.26. The molecule has 158 valence electrons. The van der Waals surface area contributed by atoms with E-state index in [1.165, 1.54) is 30.2 Å². The van der Waals surface area contributed by atoms with Gasteiger partial charge < -0.3 is 20.3 Å². The van der Waals surface area contributed by atoms with E-state index in [9.17, 15) is 4.79 Å². The molecule has 0 aliphatic carbocycles. The van der Waals surface area contributed by atoms with Crippen LogP contribution in [0.15, 0.2) is 30.3 Å². The molecule has 1 amide bonds. The average molecular weight is 399 g/mol. The number of nitrogens with zero attached hydrogens (tertiary/aromatic N) is 2. The SMILES string of the molecule is CC(C)(C)OC(=O)NCCCNCc1cc2ccccc2nc1N1CCCCC1. The number of rotatable bonds is 7. The van der Waals surface area contributed by atoms with Gasteiger partial charge >= 0.3 is 6.09 Å². The van der Waals surface area contributed by atoms with Gasteiger partial charge in [-0.05, 0) is 65.1 Å². The van der Waals surface area contributed by atoms with Crippen molar-refractivity contribution < 1.29 is 9.53 Å². The molecule has 0 bridgehead atoms. The fraction of sp³-hybridized carbons (Fsp3) is 0.565. The molecule has 29 heavy (non-hydrogen) atoms. The first-order valence-corrected chi connectivity index (χ1v) is 10.7. The van der Waals surface area contributed by atoms with Crippen molar-refractivity contribution in [2.45, 2.75) is 58.6 Å². The first-order valence-electron chi connectivity index (χ1n) is 10.7. The Morgan fingerprint density at radius 1 is 1.14 bits per heavy atom. The third-order valence-electron chi connectivity index (χ3n) is 4.95. The number of anilines is 1. The fourth-order valence-corrected chi connectivity index (χ4v) is 3.60. The van der Waals surface area contributed by atoms with Gasteiger partial charge in [0.1, 0.15) is 11.4 Å². The van der Waals surface area contributed by atoms with Crippen LogP contribution in [0, 0.1) is 0 Å². The molecule has 1 aliphatic rings. The lowest BCUT2D eigenvalue weighted by atomic mass is 10.1. The number of ether oxygens (including phenoxy) is 1. The third kappa shape index (κ3) is 6.60. The van der Waals surface area contributed by atoms with Gasteiger partial charge in [0.15, 0.2) is 0 Å². The number of carbonyl (C=O) groups is 1. The predicted octanol–water partition coefficient (Wildman–Crippen LogP) is 4.23. The molecule has 0 atom stereocenters. The van der Waals surface area contributed by atoms with Crippen molar-refractivity contribution in [2.24, 2.45) is 0 Å². The molecule has 1 saturated heterocycles. The Labute approximate surface area is 174 Å². The topological polar surface area (TPSA) is 66.5 Å². The van der Waals surface area contributed by atoms with Gasteiger partial charge in [-0.15, -0.1) is 0 Å². The Morgan fingerprint density at radius 3 is 2.66 bits per heavy atom. The minimum atomic E-state index is -0.462. The molecule has 1 aromatic heterocycles. The summed E-state index contributed by atoms with van der Waals surface area (Å²) in [6, 6.07) is 10.6. The van der Waals surface area contributed by atoms with E-state index >= 15 is 0 Å². The second-order valence-corrected chi connectivity index (χ2v) is 8.67. The summed E-state index contributed by atoms with van der Waals surface area (Å²) in [5.74, 6) is 1.11. The van der Waals surface area contributed by atoms with Gasteiger partial charge in [0.2, 0.25) is 0 Å². The lowest BCUT2D eigenvalue weighted by Crippen LogP contribution is -2.34. The molecule has 0 saturated carbocycles. The van der Waals surface area contributed by atoms with Crippen LogP contribution in [-0.2, 0) is 11.3 Å². The lowest BCUT2D eigenvalue weighted by molar-refractivity contribution is 0.0527. The highest BCUT2D eigenvalue weighted by molar-refractivity contribution is 5.81. The molecule has 1 aliphatic heterocycles. The Hall–Kier alpha value is -2.34. The molecule has 6 heteroatoms. The van der Waals surface area contributed by atoms with E-state index in [1.54, 1.807) is 0 Å². The largest absolute Gasteiger partial charge is 0.444 e. The van der Waals surface area contributed by atoms with Crippen molar-refractivity contribution in [1.29, 1.82) is 0 Å². The van der Waals surface area contributed by atoms with Crippen LogP contribution >= 0.6 is 0 Å². The summed E-state index contributed by atoms with van der Waals surface area (Å²) in [4.78, 5) is 19.1. The van der Waals surface area contributed by atoms with Crippen LogP contribution in [0.25, 0.3) is 10.9 Å². The van der Waals surface area contributed by atoms with Crippen molar-refractivity contribution in [3.05, 3.63) is 35.9 Å². The zero-order valence-corrected chi connectivity index (χ0v) is 18.0. The first kappa shape index (κ1) is 21.4. The minimum Gasteiger partial charge on any atom is -0.444 e. The summed E-state index contributed by atoms with van der Waals surface area (Å²) < 4.78 is 5.25. The van der Waals surface area contributed by atoms with Crippen LogP contribution < -0.4 is 15.5 Å². The van der Waals surface area contributed by atoms with Crippen molar-refractivity contribution in [1.82, 2.24) is 15.6 Å². The second-order valence-electron chi connectivity index (χ2n) is 8.67. The van der Waals surface area contributed by atoms with Crippen molar-refractivity contribution >= 4 is 22.8 Å². The molecule has 1 fully saturated rings. The quantitative estimate of drug-likeness (QED) is 0.683. The molecule has 0 spiro atoms. The maximum absolute atomic E-state index is 11.7. The Kier molecular flexibility index (Phi) is 7.31. The molecule has 2 aromatic rings. The predicted molar refractivity (Wildman–Crippen MR) is 118 cm³/mol. The molecule has 2 N–H and O–H groups in total. The zero-order valence-electron chi connectivity index (χ0n) is 18.0. The van der Waals surface area contributed by atoms with Gasteiger partial charge in [-0.3, -0.25) is 0 Å². The molecule has 6 nitrogen and oxygen atoms in total. The molecular weight excluding hydrogens is 364 g/mol. The fourth-order valence-electron chi connectivity index (χ4n) is 3.60. The standard InChI is InChI=1S/C23H34N4O2/c1-23(2,3)29-22(28)25-13-9-12-24-17-19-16-18-10-5-6-11-20(18)26-21(19)27-14-7-4-8-15-27/h5-6,10-11,16,24H,4,7-9,12-15,17H2,1-3H3,(H,25,28). The monoisotopic (exact) mass is 398 g/mol. The number of nitrogens with one attached hydrogen (secondary N) is 2. The van der Waals surface area contributed by atoms with Gasteiger partial charge in [-0.25, -0.2) is 9.78 Å². The normalized spacial score (nSPS) is 14.8. The van der Waals surface area contributed by atoms with Gasteiger partial charge in [-0.2, -0.15) is 0 Å². The van der Waals surface area contributed by atoms with Crippen LogP contribution in [0.4, 0.5) is 10.6 Å². The molecule has 3 rings (SSSR count). The number of amides is 1. The number of hydrogen-bond acceptors (Lipinski definition) is 5. The number of piperidine rings is 1. The zero-order chi connectivity index (χ0) is 20.7. The number of alkyl carbamates (subject to hydrolysis) is 1. The highest BCUT2D eigenvalue weighted by Crippen LogP contribution is 2.26. The van der Waals surface area contributed by atoms with E-state index in [0.29, 0.717) is 6.54 Å². The molecule has 1 aromatic carbocycles. The van der Waals surface area contributed by atoms with E-state index in [-0.39, 0.29) is 6.09 Å². The van der Waals surface area contributed by atoms with E-state index in [1.807, 2.05) is 26.8 Å². The average Bonchev–Trinajstić information content (AvgIpc) is 2.69. The van der Waals surface area contributed by atoms with Gasteiger partial charge in [-0.1, -0.05) is 18.2 Å². The molecule has 0 unspecified atom stereocenters. The third-order valence-corrected chi connectivity index (χ3v) is 4.95. The van der Waals surface area contributed by atoms with Crippen LogP contribution in [0.3, 0.4) is 0 Å².